The molecular formula is C81H158O17P2. The molecule has 17 nitrogen and oxygen atoms in total. The summed E-state index contributed by atoms with van der Waals surface area (Å²) in [6.07, 6.45) is 62.3. The maximum Gasteiger partial charge on any atom is 0.472 e. The largest absolute Gasteiger partial charge is 0.472 e. The molecule has 0 aliphatic rings. The van der Waals surface area contributed by atoms with Crippen molar-refractivity contribution in [1.29, 1.82) is 0 Å². The van der Waals surface area contributed by atoms with Gasteiger partial charge < -0.3 is 33.8 Å². The third-order valence-electron chi connectivity index (χ3n) is 19.0. The van der Waals surface area contributed by atoms with Crippen molar-refractivity contribution in [2.24, 2.45) is 11.8 Å². The number of phosphoric acid groups is 2. The Kier molecular flexibility index (Phi) is 71.2. The first-order chi connectivity index (χ1) is 48.4. The molecule has 0 aromatic rings. The molecule has 594 valence electrons. The van der Waals surface area contributed by atoms with Gasteiger partial charge in [0.15, 0.2) is 12.2 Å². The Balaban J connectivity index is 5.26. The van der Waals surface area contributed by atoms with Crippen LogP contribution in [0.5, 0.6) is 0 Å². The van der Waals surface area contributed by atoms with Crippen LogP contribution in [0.25, 0.3) is 0 Å². The Hall–Kier alpha value is -1.94. The number of carbonyl (C=O) groups excluding carboxylic acids is 4. The topological polar surface area (TPSA) is 237 Å². The van der Waals surface area contributed by atoms with Gasteiger partial charge in [0.25, 0.3) is 0 Å². The molecule has 19 heteroatoms. The molecule has 0 aromatic heterocycles. The minimum Gasteiger partial charge on any atom is -0.462 e. The van der Waals surface area contributed by atoms with Crippen molar-refractivity contribution in [3.05, 3.63) is 0 Å². The Labute approximate surface area is 613 Å². The average molecular weight is 1470 g/mol. The van der Waals surface area contributed by atoms with Crippen molar-refractivity contribution in [2.45, 2.75) is 445 Å². The minimum atomic E-state index is -4.96. The molecule has 5 atom stereocenters. The lowest BCUT2D eigenvalue weighted by atomic mass is 10.0. The molecular weight excluding hydrogens is 1310 g/mol. The van der Waals surface area contributed by atoms with Crippen molar-refractivity contribution in [3.8, 4) is 0 Å². The van der Waals surface area contributed by atoms with Gasteiger partial charge in [0.05, 0.1) is 26.4 Å². The number of unbranched alkanes of at least 4 members (excludes halogenated alkanes) is 50. The highest BCUT2D eigenvalue weighted by molar-refractivity contribution is 7.47. The number of hydrogen-bond acceptors (Lipinski definition) is 15. The third kappa shape index (κ3) is 74.3. The second-order valence-electron chi connectivity index (χ2n) is 30.1. The molecule has 0 heterocycles. The van der Waals surface area contributed by atoms with Crippen LogP contribution in [0.1, 0.15) is 427 Å². The summed E-state index contributed by atoms with van der Waals surface area (Å²) < 4.78 is 68.8. The van der Waals surface area contributed by atoms with Gasteiger partial charge in [-0.2, -0.15) is 0 Å². The van der Waals surface area contributed by atoms with Gasteiger partial charge in [-0.15, -0.1) is 0 Å². The van der Waals surface area contributed by atoms with Crippen molar-refractivity contribution in [1.82, 2.24) is 0 Å². The number of aliphatic hydroxyl groups excluding tert-OH is 1. The lowest BCUT2D eigenvalue weighted by molar-refractivity contribution is -0.161. The van der Waals surface area contributed by atoms with Crippen LogP contribution >= 0.6 is 15.6 Å². The first-order valence-corrected chi connectivity index (χ1v) is 45.0. The van der Waals surface area contributed by atoms with Crippen LogP contribution in [0.2, 0.25) is 0 Å². The molecule has 0 spiro atoms. The van der Waals surface area contributed by atoms with E-state index in [-0.39, 0.29) is 25.7 Å². The first-order valence-electron chi connectivity index (χ1n) is 42.0. The van der Waals surface area contributed by atoms with Crippen molar-refractivity contribution >= 4 is 39.5 Å². The second kappa shape index (κ2) is 72.6. The van der Waals surface area contributed by atoms with Crippen LogP contribution in [0.3, 0.4) is 0 Å². The summed E-state index contributed by atoms with van der Waals surface area (Å²) in [7, 11) is -9.92. The zero-order chi connectivity index (χ0) is 73.5. The van der Waals surface area contributed by atoms with E-state index in [1.807, 2.05) is 0 Å². The van der Waals surface area contributed by atoms with E-state index in [2.05, 4.69) is 41.5 Å². The van der Waals surface area contributed by atoms with Crippen LogP contribution < -0.4 is 0 Å². The van der Waals surface area contributed by atoms with Crippen molar-refractivity contribution < 1.29 is 80.2 Å². The van der Waals surface area contributed by atoms with Crippen molar-refractivity contribution in [2.75, 3.05) is 39.6 Å². The van der Waals surface area contributed by atoms with Crippen LogP contribution in [0, 0.1) is 11.8 Å². The van der Waals surface area contributed by atoms with E-state index < -0.39 is 97.5 Å². The summed E-state index contributed by atoms with van der Waals surface area (Å²) in [6, 6.07) is 0. The second-order valence-corrected chi connectivity index (χ2v) is 33.0. The van der Waals surface area contributed by atoms with E-state index in [1.54, 1.807) is 0 Å². The van der Waals surface area contributed by atoms with Crippen LogP contribution in [-0.2, 0) is 65.4 Å². The molecule has 0 fully saturated rings. The highest BCUT2D eigenvalue weighted by atomic mass is 31.2. The molecule has 3 N–H and O–H groups in total. The SMILES string of the molecule is CCCCCCCCCCCCCCCCCCC(=O)OC[C@H](COP(=O)(O)OC[C@@H](O)COP(=O)(O)OC[C@@H](COC(=O)CCCCCCCCCCCC(C)C)OC(=O)CCCCCCCCCCCCCCCC)OC(=O)CCCCCCCCCCCCCCCCCC(C)C. The maximum absolute atomic E-state index is 13.1. The molecule has 0 saturated carbocycles. The predicted octanol–water partition coefficient (Wildman–Crippen LogP) is 24.3. The lowest BCUT2D eigenvalue weighted by Crippen LogP contribution is -2.30. The molecule has 0 amide bonds. The van der Waals surface area contributed by atoms with E-state index in [0.717, 1.165) is 102 Å². The molecule has 2 unspecified atom stereocenters. The Bertz CT molecular complexity index is 1920. The molecule has 0 aliphatic heterocycles. The molecule has 0 radical (unpaired) electrons. The number of carbonyl (C=O) groups is 4. The number of esters is 4. The summed E-state index contributed by atoms with van der Waals surface area (Å²) in [5.74, 6) is -0.559. The summed E-state index contributed by atoms with van der Waals surface area (Å²) in [5.41, 5.74) is 0. The molecule has 0 saturated heterocycles. The Morgan fingerprint density at radius 2 is 0.460 bits per heavy atom. The summed E-state index contributed by atoms with van der Waals surface area (Å²) in [6.45, 7) is 9.65. The fourth-order valence-corrected chi connectivity index (χ4v) is 14.1. The predicted molar refractivity (Wildman–Crippen MR) is 409 cm³/mol. The molecule has 0 rings (SSSR count). The van der Waals surface area contributed by atoms with Gasteiger partial charge in [0, 0.05) is 25.7 Å². The zero-order valence-electron chi connectivity index (χ0n) is 65.5. The highest BCUT2D eigenvalue weighted by Crippen LogP contribution is 2.45. The van der Waals surface area contributed by atoms with Gasteiger partial charge in [0.2, 0.25) is 0 Å². The Morgan fingerprint density at radius 1 is 0.270 bits per heavy atom. The first kappa shape index (κ1) is 98.1. The lowest BCUT2D eigenvalue weighted by Gasteiger charge is -2.21. The van der Waals surface area contributed by atoms with E-state index in [4.69, 9.17) is 37.0 Å². The van der Waals surface area contributed by atoms with E-state index in [1.165, 1.54) is 244 Å². The van der Waals surface area contributed by atoms with Crippen LogP contribution in [0.4, 0.5) is 0 Å². The number of hydrogen-bond donors (Lipinski definition) is 3. The van der Waals surface area contributed by atoms with E-state index in [0.29, 0.717) is 25.7 Å². The van der Waals surface area contributed by atoms with Crippen molar-refractivity contribution in [3.63, 3.8) is 0 Å². The van der Waals surface area contributed by atoms with Gasteiger partial charge in [-0.3, -0.25) is 37.3 Å². The Morgan fingerprint density at radius 3 is 0.680 bits per heavy atom. The highest BCUT2D eigenvalue weighted by Gasteiger charge is 2.30. The van der Waals surface area contributed by atoms with Gasteiger partial charge in [0.1, 0.15) is 19.3 Å². The summed E-state index contributed by atoms with van der Waals surface area (Å²) >= 11 is 0. The maximum atomic E-state index is 13.1. The smallest absolute Gasteiger partial charge is 0.462 e. The molecule has 0 bridgehead atoms. The fraction of sp³-hybridized carbons (Fsp3) is 0.951. The monoisotopic (exact) mass is 1470 g/mol. The normalized spacial score (nSPS) is 13.9. The minimum absolute atomic E-state index is 0.108. The number of ether oxygens (including phenoxy) is 4. The van der Waals surface area contributed by atoms with Gasteiger partial charge in [-0.05, 0) is 37.5 Å². The summed E-state index contributed by atoms with van der Waals surface area (Å²) in [4.78, 5) is 73.1. The summed E-state index contributed by atoms with van der Waals surface area (Å²) in [5, 5.41) is 10.6. The third-order valence-corrected chi connectivity index (χ3v) is 20.9. The van der Waals surface area contributed by atoms with Gasteiger partial charge in [-0.1, -0.05) is 375 Å². The molecule has 100 heavy (non-hydrogen) atoms. The molecule has 0 aliphatic carbocycles. The average Bonchev–Trinajstić information content (AvgIpc) is 0.948. The van der Waals surface area contributed by atoms with E-state index >= 15 is 0 Å². The van der Waals surface area contributed by atoms with Gasteiger partial charge >= 0.3 is 39.5 Å². The van der Waals surface area contributed by atoms with Crippen LogP contribution in [0.15, 0.2) is 0 Å². The number of rotatable bonds is 80. The standard InChI is InChI=1S/C81H158O17P2/c1-7-9-11-13-15-17-19-21-23-26-30-33-39-45-51-57-63-78(83)91-69-76(97-81(86)66-60-54-48-41-35-31-27-24-25-28-32-37-43-49-55-61-73(3)4)71-95-99(87,88)93-67-75(82)68-94-100(89,90)96-72-77(70-92-79(84)64-58-52-46-42-36-38-44-50-56-62-74(5)6)98-80(85)65-59-53-47-40-34-29-22-20-18-16-14-12-10-8-2/h73-77,82H,7-72H2,1-6H3,(H,87,88)(H,89,90)/t75-,76-,77-/m1/s1. The zero-order valence-corrected chi connectivity index (χ0v) is 67.3. The number of aliphatic hydroxyl groups is 1. The quantitative estimate of drug-likeness (QED) is 0.0222. The fourth-order valence-electron chi connectivity index (χ4n) is 12.5. The van der Waals surface area contributed by atoms with Gasteiger partial charge in [-0.25, -0.2) is 9.13 Å². The van der Waals surface area contributed by atoms with Crippen LogP contribution in [-0.4, -0.2) is 96.7 Å². The number of phosphoric ester groups is 2. The van der Waals surface area contributed by atoms with E-state index in [9.17, 15) is 43.2 Å². The molecule has 0 aromatic carbocycles.